The van der Waals surface area contributed by atoms with Gasteiger partial charge in [-0.05, 0) is 65.6 Å². The topological polar surface area (TPSA) is 83.6 Å². The molecule has 0 heterocycles. The number of allylic oxidation sites excluding steroid dienone is 2. The smallest absolute Gasteiger partial charge is 0.331 e. The predicted molar refractivity (Wildman–Crippen MR) is 127 cm³/mol. The molecule has 176 valence electrons. The van der Waals surface area contributed by atoms with Gasteiger partial charge in [0.05, 0.1) is 0 Å². The summed E-state index contributed by atoms with van der Waals surface area (Å²) >= 11 is 0. The lowest BCUT2D eigenvalue weighted by molar-refractivity contribution is -0.156. The first-order valence-corrected chi connectivity index (χ1v) is 12.2. The molecule has 0 bridgehead atoms. The van der Waals surface area contributed by atoms with Gasteiger partial charge in [-0.15, -0.1) is 0 Å². The Kier molecular flexibility index (Phi) is 17.8. The highest BCUT2D eigenvalue weighted by atomic mass is 16.4. The van der Waals surface area contributed by atoms with Crippen LogP contribution in [0.25, 0.3) is 0 Å². The molecule has 0 radical (unpaired) electrons. The minimum Gasteiger partial charge on any atom is -0.480 e. The number of carboxylic acids is 1. The minimum absolute atomic E-state index is 0.189. The van der Waals surface area contributed by atoms with E-state index >= 15 is 0 Å². The number of carbonyl (C=O) groups excluding carboxylic acids is 1. The third kappa shape index (κ3) is 11.8. The molecule has 1 unspecified atom stereocenters. The number of nitrogens with zero attached hydrogens (tertiary/aromatic N) is 1. The standard InChI is InChI=1S/C25H48N2O3/c1-4-5-6-7-8-9-10-11-12-13-14-15-16-17-18-20-23(28)25(24(29)30,27(2)3)21-19-22-26/h11-12H,4-10,13-22,26H2,1-3H3,(H,29,30)/b12-11-. The van der Waals surface area contributed by atoms with Gasteiger partial charge in [0, 0.05) is 6.42 Å². The van der Waals surface area contributed by atoms with Gasteiger partial charge in [0.15, 0.2) is 11.3 Å². The van der Waals surface area contributed by atoms with Gasteiger partial charge < -0.3 is 10.8 Å². The molecule has 1 atom stereocenters. The van der Waals surface area contributed by atoms with Crippen molar-refractivity contribution in [3.8, 4) is 0 Å². The highest BCUT2D eigenvalue weighted by Crippen LogP contribution is 2.24. The predicted octanol–water partition coefficient (Wildman–Crippen LogP) is 5.72. The summed E-state index contributed by atoms with van der Waals surface area (Å²) in [5.41, 5.74) is 4.11. The van der Waals surface area contributed by atoms with Gasteiger partial charge >= 0.3 is 5.97 Å². The fourth-order valence-electron chi connectivity index (χ4n) is 3.95. The number of nitrogens with two attached hydrogens (primary N) is 1. The summed E-state index contributed by atoms with van der Waals surface area (Å²) in [5.74, 6) is -1.25. The Morgan fingerprint density at radius 3 is 1.80 bits per heavy atom. The third-order valence-corrected chi connectivity index (χ3v) is 5.99. The fourth-order valence-corrected chi connectivity index (χ4v) is 3.95. The second-order valence-electron chi connectivity index (χ2n) is 8.71. The first kappa shape index (κ1) is 28.8. The van der Waals surface area contributed by atoms with Crippen molar-refractivity contribution in [2.45, 2.75) is 115 Å². The number of hydrogen-bond acceptors (Lipinski definition) is 4. The molecule has 0 aliphatic heterocycles. The lowest BCUT2D eigenvalue weighted by atomic mass is 9.84. The summed E-state index contributed by atoms with van der Waals surface area (Å²) in [6.07, 6.45) is 21.4. The zero-order valence-corrected chi connectivity index (χ0v) is 20.0. The first-order chi connectivity index (χ1) is 14.4. The number of rotatable bonds is 21. The molecule has 0 aromatic carbocycles. The highest BCUT2D eigenvalue weighted by Gasteiger charge is 2.46. The van der Waals surface area contributed by atoms with Crippen LogP contribution in [0.2, 0.25) is 0 Å². The van der Waals surface area contributed by atoms with Crippen LogP contribution in [0.5, 0.6) is 0 Å². The van der Waals surface area contributed by atoms with E-state index in [0.717, 1.165) is 25.7 Å². The molecule has 0 aliphatic rings. The van der Waals surface area contributed by atoms with E-state index in [1.807, 2.05) is 0 Å². The van der Waals surface area contributed by atoms with Crippen molar-refractivity contribution in [3.63, 3.8) is 0 Å². The Morgan fingerprint density at radius 2 is 1.33 bits per heavy atom. The monoisotopic (exact) mass is 424 g/mol. The van der Waals surface area contributed by atoms with E-state index < -0.39 is 11.5 Å². The number of likely N-dealkylation sites (N-methyl/N-ethyl adjacent to an activating group) is 1. The number of aliphatic carboxylic acids is 1. The number of carboxylic acid groups (broad SMARTS) is 1. The van der Waals surface area contributed by atoms with Crippen molar-refractivity contribution in [3.05, 3.63) is 12.2 Å². The molecule has 0 fully saturated rings. The number of ketones is 1. The summed E-state index contributed by atoms with van der Waals surface area (Å²) in [4.78, 5) is 26.1. The molecule has 0 spiro atoms. The summed E-state index contributed by atoms with van der Waals surface area (Å²) in [6.45, 7) is 2.64. The van der Waals surface area contributed by atoms with Crippen molar-refractivity contribution in [2.24, 2.45) is 5.73 Å². The van der Waals surface area contributed by atoms with Crippen LogP contribution < -0.4 is 5.73 Å². The third-order valence-electron chi connectivity index (χ3n) is 5.99. The molecule has 0 amide bonds. The van der Waals surface area contributed by atoms with E-state index in [1.165, 1.54) is 57.8 Å². The van der Waals surface area contributed by atoms with E-state index in [0.29, 0.717) is 19.4 Å². The molecule has 3 N–H and O–H groups in total. The molecule has 0 aromatic rings. The van der Waals surface area contributed by atoms with Crippen molar-refractivity contribution >= 4 is 11.8 Å². The van der Waals surface area contributed by atoms with Crippen LogP contribution >= 0.6 is 0 Å². The van der Waals surface area contributed by atoms with Gasteiger partial charge in [-0.25, -0.2) is 4.79 Å². The average Bonchev–Trinajstić information content (AvgIpc) is 2.71. The molecule has 5 heteroatoms. The fraction of sp³-hybridized carbons (Fsp3) is 0.840. The van der Waals surface area contributed by atoms with E-state index in [9.17, 15) is 14.7 Å². The Morgan fingerprint density at radius 1 is 0.833 bits per heavy atom. The Hall–Kier alpha value is -1.20. The van der Waals surface area contributed by atoms with Crippen LogP contribution in [-0.2, 0) is 9.59 Å². The maximum Gasteiger partial charge on any atom is 0.331 e. The Bertz CT molecular complexity index is 477. The lowest BCUT2D eigenvalue weighted by Gasteiger charge is -2.34. The molecule has 0 rings (SSSR count). The van der Waals surface area contributed by atoms with Gasteiger partial charge in [0.2, 0.25) is 0 Å². The SMILES string of the molecule is CCCCCCCC/C=C\CCCCCCCC(=O)C(CCCN)(C(=O)O)N(C)C. The van der Waals surface area contributed by atoms with Crippen LogP contribution in [0.1, 0.15) is 110 Å². The van der Waals surface area contributed by atoms with Gasteiger partial charge in [-0.2, -0.15) is 0 Å². The largest absolute Gasteiger partial charge is 0.480 e. The molecular weight excluding hydrogens is 376 g/mol. The quantitative estimate of drug-likeness (QED) is 0.140. The second-order valence-corrected chi connectivity index (χ2v) is 8.71. The van der Waals surface area contributed by atoms with Crippen molar-refractivity contribution in [2.75, 3.05) is 20.6 Å². The molecule has 0 aromatic heterocycles. The first-order valence-electron chi connectivity index (χ1n) is 12.2. The number of Topliss-reactive ketones (excluding diaryl/α,β-unsaturated/α-hetero) is 1. The van der Waals surface area contributed by atoms with Crippen LogP contribution in [0, 0.1) is 0 Å². The molecule has 0 aliphatic carbocycles. The molecule has 0 saturated carbocycles. The summed E-state index contributed by atoms with van der Waals surface area (Å²) in [7, 11) is 3.34. The van der Waals surface area contributed by atoms with Crippen LogP contribution in [0.3, 0.4) is 0 Å². The number of hydrogen-bond donors (Lipinski definition) is 2. The summed E-state index contributed by atoms with van der Waals surface area (Å²) < 4.78 is 0. The summed E-state index contributed by atoms with van der Waals surface area (Å²) in [6, 6.07) is 0. The zero-order chi connectivity index (χ0) is 22.7. The molecule has 0 saturated heterocycles. The molecular formula is C25H48N2O3. The van der Waals surface area contributed by atoms with Crippen LogP contribution in [-0.4, -0.2) is 47.9 Å². The van der Waals surface area contributed by atoms with Crippen molar-refractivity contribution in [1.82, 2.24) is 4.90 Å². The van der Waals surface area contributed by atoms with Crippen LogP contribution in [0.15, 0.2) is 12.2 Å². The minimum atomic E-state index is -1.43. The van der Waals surface area contributed by atoms with E-state index in [2.05, 4.69) is 19.1 Å². The van der Waals surface area contributed by atoms with Gasteiger partial charge in [-0.1, -0.05) is 70.4 Å². The van der Waals surface area contributed by atoms with Crippen molar-refractivity contribution in [1.29, 1.82) is 0 Å². The Labute approximate surface area is 185 Å². The maximum atomic E-state index is 12.7. The molecule has 5 nitrogen and oxygen atoms in total. The summed E-state index contributed by atoms with van der Waals surface area (Å²) in [5, 5.41) is 9.71. The van der Waals surface area contributed by atoms with Gasteiger partial charge in [0.25, 0.3) is 0 Å². The second kappa shape index (κ2) is 18.6. The number of unbranched alkanes of at least 4 members (excludes halogenated alkanes) is 11. The Balaban J connectivity index is 3.90. The lowest BCUT2D eigenvalue weighted by Crippen LogP contribution is -2.57. The molecule has 30 heavy (non-hydrogen) atoms. The normalized spacial score (nSPS) is 13.8. The van der Waals surface area contributed by atoms with Gasteiger partial charge in [0.1, 0.15) is 0 Å². The average molecular weight is 425 g/mol. The number of carbonyl (C=O) groups is 2. The van der Waals surface area contributed by atoms with Crippen molar-refractivity contribution < 1.29 is 14.7 Å². The van der Waals surface area contributed by atoms with E-state index in [4.69, 9.17) is 5.73 Å². The van der Waals surface area contributed by atoms with Gasteiger partial charge in [-0.3, -0.25) is 9.69 Å². The maximum absolute atomic E-state index is 12.7. The van der Waals surface area contributed by atoms with Crippen LogP contribution in [0.4, 0.5) is 0 Å². The van der Waals surface area contributed by atoms with E-state index in [-0.39, 0.29) is 12.2 Å². The zero-order valence-electron chi connectivity index (χ0n) is 20.0. The highest BCUT2D eigenvalue weighted by molar-refractivity contribution is 6.07. The van der Waals surface area contributed by atoms with E-state index in [1.54, 1.807) is 19.0 Å².